The summed E-state index contributed by atoms with van der Waals surface area (Å²) in [6.07, 6.45) is 1.53. The monoisotopic (exact) mass is 362 g/mol. The van der Waals surface area contributed by atoms with E-state index in [4.69, 9.17) is 18.0 Å². The molecular weight excluding hydrogens is 348 g/mol. The van der Waals surface area contributed by atoms with Gasteiger partial charge < -0.3 is 11.1 Å². The van der Waals surface area contributed by atoms with Gasteiger partial charge in [0.2, 0.25) is 0 Å². The van der Waals surface area contributed by atoms with Gasteiger partial charge in [-0.05, 0) is 31.0 Å². The summed E-state index contributed by atoms with van der Waals surface area (Å²) in [6.45, 7) is 0. The number of benzene rings is 1. The average Bonchev–Trinajstić information content (AvgIpc) is 2.27. The van der Waals surface area contributed by atoms with E-state index in [0.29, 0.717) is 11.4 Å². The molecular formula is C12H15BrN2O2S2. The van der Waals surface area contributed by atoms with E-state index in [0.717, 1.165) is 22.1 Å². The fourth-order valence-electron chi connectivity index (χ4n) is 2.21. The molecule has 0 bridgehead atoms. The molecule has 1 saturated heterocycles. The van der Waals surface area contributed by atoms with Crippen molar-refractivity contribution in [3.63, 3.8) is 0 Å². The van der Waals surface area contributed by atoms with Crippen LogP contribution in [0, 0.1) is 0 Å². The Hall–Kier alpha value is -0.660. The Morgan fingerprint density at radius 3 is 2.84 bits per heavy atom. The molecule has 0 aromatic heterocycles. The normalized spacial score (nSPS) is 21.8. The lowest BCUT2D eigenvalue weighted by Crippen LogP contribution is -2.35. The van der Waals surface area contributed by atoms with Crippen LogP contribution in [0.5, 0.6) is 0 Å². The first-order chi connectivity index (χ1) is 8.87. The number of nitrogens with one attached hydrogen (secondary N) is 1. The fraction of sp³-hybridized carbons (Fsp3) is 0.417. The number of rotatable bonds is 3. The molecule has 1 aromatic carbocycles. The molecule has 0 aliphatic carbocycles. The highest BCUT2D eigenvalue weighted by molar-refractivity contribution is 9.10. The Bertz CT molecular complexity index is 602. The Morgan fingerprint density at radius 2 is 2.21 bits per heavy atom. The van der Waals surface area contributed by atoms with E-state index in [2.05, 4.69) is 21.2 Å². The van der Waals surface area contributed by atoms with Crippen LogP contribution in [0.4, 0.5) is 5.69 Å². The van der Waals surface area contributed by atoms with E-state index in [9.17, 15) is 8.42 Å². The van der Waals surface area contributed by atoms with E-state index in [-0.39, 0.29) is 17.5 Å². The largest absolute Gasteiger partial charge is 0.389 e. The van der Waals surface area contributed by atoms with Crippen molar-refractivity contribution < 1.29 is 8.42 Å². The summed E-state index contributed by atoms with van der Waals surface area (Å²) in [5.41, 5.74) is 7.20. The quantitative estimate of drug-likeness (QED) is 0.805. The summed E-state index contributed by atoms with van der Waals surface area (Å²) >= 11 is 8.40. The minimum absolute atomic E-state index is 0.0823. The summed E-state index contributed by atoms with van der Waals surface area (Å²) in [5.74, 6) is 0.447. The first kappa shape index (κ1) is 14.7. The molecule has 0 saturated carbocycles. The lowest BCUT2D eigenvalue weighted by Gasteiger charge is -2.25. The van der Waals surface area contributed by atoms with E-state index >= 15 is 0 Å². The Labute approximate surface area is 126 Å². The van der Waals surface area contributed by atoms with Gasteiger partial charge in [-0.25, -0.2) is 8.42 Å². The van der Waals surface area contributed by atoms with Crippen molar-refractivity contribution >= 4 is 48.7 Å². The summed E-state index contributed by atoms with van der Waals surface area (Å²) in [4.78, 5) is 0.300. The molecule has 0 amide bonds. The van der Waals surface area contributed by atoms with Gasteiger partial charge in [-0.1, -0.05) is 28.1 Å². The zero-order valence-electron chi connectivity index (χ0n) is 10.2. The molecule has 1 aliphatic heterocycles. The van der Waals surface area contributed by atoms with Crippen molar-refractivity contribution in [2.75, 3.05) is 16.8 Å². The maximum atomic E-state index is 11.6. The van der Waals surface area contributed by atoms with Gasteiger partial charge in [-0.15, -0.1) is 0 Å². The van der Waals surface area contributed by atoms with E-state index in [1.54, 1.807) is 0 Å². The number of nitrogens with two attached hydrogens (primary N) is 1. The third kappa shape index (κ3) is 3.90. The van der Waals surface area contributed by atoms with E-state index < -0.39 is 9.84 Å². The molecule has 0 spiro atoms. The second-order valence-corrected chi connectivity index (χ2v) is 8.24. The molecule has 1 fully saturated rings. The summed E-state index contributed by atoms with van der Waals surface area (Å²) in [7, 11) is -2.93. The highest BCUT2D eigenvalue weighted by Gasteiger charge is 2.25. The Kier molecular flexibility index (Phi) is 4.47. The molecule has 1 unspecified atom stereocenters. The standard InChI is InChI=1S/C12H15BrN2O2S2/c13-8-3-4-10(12(14)18)11(6-8)15-9-2-1-5-19(16,17)7-9/h3-4,6,9,15H,1-2,5,7H2,(H2,14,18). The molecule has 2 rings (SSSR count). The smallest absolute Gasteiger partial charge is 0.152 e. The van der Waals surface area contributed by atoms with E-state index in [1.807, 2.05) is 18.2 Å². The maximum Gasteiger partial charge on any atom is 0.152 e. The van der Waals surface area contributed by atoms with Crippen LogP contribution >= 0.6 is 28.1 Å². The molecule has 1 heterocycles. The number of hydrogen-bond donors (Lipinski definition) is 2. The predicted octanol–water partition coefficient (Wildman–Crippen LogP) is 2.07. The fourth-order valence-corrected chi connectivity index (χ4v) is 4.38. The zero-order valence-corrected chi connectivity index (χ0v) is 13.4. The molecule has 1 aromatic rings. The summed E-state index contributed by atoms with van der Waals surface area (Å²) in [5, 5.41) is 3.25. The van der Waals surface area contributed by atoms with Gasteiger partial charge in [0.25, 0.3) is 0 Å². The SMILES string of the molecule is NC(=S)c1ccc(Br)cc1NC1CCCS(=O)(=O)C1. The third-order valence-electron chi connectivity index (χ3n) is 3.07. The van der Waals surface area contributed by atoms with E-state index in [1.165, 1.54) is 0 Å². The average molecular weight is 363 g/mol. The number of thiocarbonyl (C=S) groups is 1. The molecule has 19 heavy (non-hydrogen) atoms. The Morgan fingerprint density at radius 1 is 1.47 bits per heavy atom. The van der Waals surface area contributed by atoms with Gasteiger partial charge in [0, 0.05) is 21.8 Å². The van der Waals surface area contributed by atoms with Crippen molar-refractivity contribution in [1.29, 1.82) is 0 Å². The van der Waals surface area contributed by atoms with Gasteiger partial charge in [0.15, 0.2) is 9.84 Å². The number of sulfone groups is 1. The van der Waals surface area contributed by atoms with Crippen molar-refractivity contribution in [3.8, 4) is 0 Å². The van der Waals surface area contributed by atoms with Crippen molar-refractivity contribution in [2.24, 2.45) is 5.73 Å². The number of anilines is 1. The third-order valence-corrected chi connectivity index (χ3v) is 5.60. The van der Waals surface area contributed by atoms with Gasteiger partial charge in [-0.2, -0.15) is 0 Å². The van der Waals surface area contributed by atoms with Crippen molar-refractivity contribution in [3.05, 3.63) is 28.2 Å². The second kappa shape index (κ2) is 5.76. The number of halogens is 1. The van der Waals surface area contributed by atoms with Crippen LogP contribution in [-0.4, -0.2) is 31.0 Å². The second-order valence-electron chi connectivity index (χ2n) is 4.65. The summed E-state index contributed by atoms with van der Waals surface area (Å²) in [6, 6.07) is 5.47. The first-order valence-corrected chi connectivity index (χ1v) is 8.96. The summed E-state index contributed by atoms with van der Waals surface area (Å²) < 4.78 is 24.2. The topological polar surface area (TPSA) is 72.2 Å². The molecule has 104 valence electrons. The van der Waals surface area contributed by atoms with Crippen LogP contribution in [0.3, 0.4) is 0 Å². The molecule has 1 aliphatic rings. The van der Waals surface area contributed by atoms with Gasteiger partial charge in [0.1, 0.15) is 4.99 Å². The highest BCUT2D eigenvalue weighted by atomic mass is 79.9. The Balaban J connectivity index is 2.23. The zero-order chi connectivity index (χ0) is 14.0. The van der Waals surface area contributed by atoms with Crippen LogP contribution in [0.15, 0.2) is 22.7 Å². The molecule has 0 radical (unpaired) electrons. The minimum atomic E-state index is -2.93. The molecule has 1 atom stereocenters. The lowest BCUT2D eigenvalue weighted by atomic mass is 10.1. The molecule has 3 N–H and O–H groups in total. The lowest BCUT2D eigenvalue weighted by molar-refractivity contribution is 0.562. The van der Waals surface area contributed by atoms with Gasteiger partial charge >= 0.3 is 0 Å². The van der Waals surface area contributed by atoms with Crippen LogP contribution in [0.25, 0.3) is 0 Å². The van der Waals surface area contributed by atoms with Gasteiger partial charge in [-0.3, -0.25) is 0 Å². The highest BCUT2D eigenvalue weighted by Crippen LogP contribution is 2.24. The van der Waals surface area contributed by atoms with Crippen LogP contribution in [-0.2, 0) is 9.84 Å². The maximum absolute atomic E-state index is 11.6. The van der Waals surface area contributed by atoms with Crippen LogP contribution < -0.4 is 11.1 Å². The number of hydrogen-bond acceptors (Lipinski definition) is 4. The van der Waals surface area contributed by atoms with Crippen molar-refractivity contribution in [2.45, 2.75) is 18.9 Å². The van der Waals surface area contributed by atoms with Crippen LogP contribution in [0.2, 0.25) is 0 Å². The molecule has 7 heteroatoms. The van der Waals surface area contributed by atoms with Crippen LogP contribution in [0.1, 0.15) is 18.4 Å². The minimum Gasteiger partial charge on any atom is -0.389 e. The predicted molar refractivity (Wildman–Crippen MR) is 85.3 cm³/mol. The first-order valence-electron chi connectivity index (χ1n) is 5.94. The van der Waals surface area contributed by atoms with Gasteiger partial charge in [0.05, 0.1) is 11.5 Å². The van der Waals surface area contributed by atoms with Crippen molar-refractivity contribution in [1.82, 2.24) is 0 Å². The molecule has 4 nitrogen and oxygen atoms in total.